The lowest BCUT2D eigenvalue weighted by Crippen LogP contribution is -2.55. The summed E-state index contributed by atoms with van der Waals surface area (Å²) >= 11 is 5.97. The molecule has 1 fully saturated rings. The first-order valence-corrected chi connectivity index (χ1v) is 7.25. The molecule has 0 radical (unpaired) electrons. The Morgan fingerprint density at radius 3 is 2.62 bits per heavy atom. The maximum Gasteiger partial charge on any atom is 0.237 e. The summed E-state index contributed by atoms with van der Waals surface area (Å²) in [6.45, 7) is 7.38. The zero-order valence-corrected chi connectivity index (χ0v) is 14.1. The minimum Gasteiger partial charge on any atom is -0.336 e. The minimum absolute atomic E-state index is 0. The van der Waals surface area contributed by atoms with Crippen molar-refractivity contribution in [3.05, 3.63) is 34.9 Å². The molecule has 2 N–H and O–H groups in total. The highest BCUT2D eigenvalue weighted by atomic mass is 35.5. The van der Waals surface area contributed by atoms with E-state index in [0.29, 0.717) is 18.1 Å². The molecule has 118 valence electrons. The summed E-state index contributed by atoms with van der Waals surface area (Å²) < 4.78 is 0. The quantitative estimate of drug-likeness (QED) is 0.919. The lowest BCUT2D eigenvalue weighted by molar-refractivity contribution is -0.136. The molecule has 0 aliphatic carbocycles. The van der Waals surface area contributed by atoms with Crippen molar-refractivity contribution in [1.29, 1.82) is 0 Å². The highest BCUT2D eigenvalue weighted by molar-refractivity contribution is 6.30. The van der Waals surface area contributed by atoms with Crippen molar-refractivity contribution in [2.45, 2.75) is 25.9 Å². The van der Waals surface area contributed by atoms with Crippen molar-refractivity contribution in [1.82, 2.24) is 9.80 Å². The van der Waals surface area contributed by atoms with Crippen LogP contribution < -0.4 is 5.73 Å². The molecular formula is C15H23Cl2N3O. The predicted octanol–water partition coefficient (Wildman–Crippen LogP) is 2.14. The van der Waals surface area contributed by atoms with E-state index >= 15 is 0 Å². The average molecular weight is 332 g/mol. The van der Waals surface area contributed by atoms with Crippen molar-refractivity contribution < 1.29 is 4.79 Å². The van der Waals surface area contributed by atoms with Gasteiger partial charge in [0, 0.05) is 36.7 Å². The molecule has 1 saturated heterocycles. The molecule has 1 heterocycles. The fourth-order valence-corrected chi connectivity index (χ4v) is 2.70. The van der Waals surface area contributed by atoms with Gasteiger partial charge in [0.1, 0.15) is 0 Å². The number of piperazine rings is 1. The summed E-state index contributed by atoms with van der Waals surface area (Å²) in [4.78, 5) is 16.2. The lowest BCUT2D eigenvalue weighted by atomic mass is 10.1. The molecule has 1 aromatic rings. The van der Waals surface area contributed by atoms with E-state index < -0.39 is 0 Å². The van der Waals surface area contributed by atoms with Crippen LogP contribution in [0, 0.1) is 0 Å². The second-order valence-corrected chi connectivity index (χ2v) is 6.58. The van der Waals surface area contributed by atoms with Gasteiger partial charge in [-0.25, -0.2) is 0 Å². The molecule has 6 heteroatoms. The van der Waals surface area contributed by atoms with Crippen molar-refractivity contribution in [2.75, 3.05) is 26.2 Å². The van der Waals surface area contributed by atoms with Gasteiger partial charge in [-0.15, -0.1) is 12.4 Å². The maximum absolute atomic E-state index is 12.2. The lowest BCUT2D eigenvalue weighted by Gasteiger charge is -2.37. The summed E-state index contributed by atoms with van der Waals surface area (Å²) in [5.74, 6) is 0.153. The number of benzene rings is 1. The van der Waals surface area contributed by atoms with E-state index in [0.717, 1.165) is 25.2 Å². The van der Waals surface area contributed by atoms with Gasteiger partial charge in [0.2, 0.25) is 5.91 Å². The molecule has 0 spiro atoms. The van der Waals surface area contributed by atoms with Crippen LogP contribution >= 0.6 is 24.0 Å². The van der Waals surface area contributed by atoms with Crippen LogP contribution in [0.1, 0.15) is 19.4 Å². The second kappa shape index (κ2) is 7.45. The van der Waals surface area contributed by atoms with Gasteiger partial charge in [-0.2, -0.15) is 0 Å². The predicted molar refractivity (Wildman–Crippen MR) is 88.8 cm³/mol. The number of halogens is 2. The number of hydrogen-bond acceptors (Lipinski definition) is 3. The van der Waals surface area contributed by atoms with Gasteiger partial charge in [0.25, 0.3) is 0 Å². The van der Waals surface area contributed by atoms with Crippen LogP contribution in [0.4, 0.5) is 0 Å². The Bertz CT molecular complexity index is 488. The van der Waals surface area contributed by atoms with Crippen LogP contribution in [0.3, 0.4) is 0 Å². The number of hydrogen-bond donors (Lipinski definition) is 1. The van der Waals surface area contributed by atoms with E-state index in [-0.39, 0.29) is 23.9 Å². The van der Waals surface area contributed by atoms with Crippen LogP contribution in [0.15, 0.2) is 24.3 Å². The SMILES string of the molecule is CC(C)(N)CN1CCN(Cc2cccc(Cl)c2)C(=O)C1.Cl. The van der Waals surface area contributed by atoms with E-state index in [4.69, 9.17) is 17.3 Å². The van der Waals surface area contributed by atoms with E-state index in [2.05, 4.69) is 4.90 Å². The van der Waals surface area contributed by atoms with Crippen molar-refractivity contribution >= 4 is 29.9 Å². The van der Waals surface area contributed by atoms with Crippen molar-refractivity contribution in [2.24, 2.45) is 5.73 Å². The Hall–Kier alpha value is -0.810. The normalized spacial score (nSPS) is 16.8. The number of nitrogens with two attached hydrogens (primary N) is 1. The van der Waals surface area contributed by atoms with Gasteiger partial charge < -0.3 is 10.6 Å². The van der Waals surface area contributed by atoms with E-state index in [1.165, 1.54) is 0 Å². The van der Waals surface area contributed by atoms with Crippen LogP contribution in [0.2, 0.25) is 5.02 Å². The van der Waals surface area contributed by atoms with E-state index in [9.17, 15) is 4.79 Å². The Kier molecular flexibility index (Phi) is 6.47. The first-order chi connectivity index (χ1) is 9.33. The highest BCUT2D eigenvalue weighted by Gasteiger charge is 2.26. The summed E-state index contributed by atoms with van der Waals surface area (Å²) in [5.41, 5.74) is 6.80. The molecular weight excluding hydrogens is 309 g/mol. The molecule has 4 nitrogen and oxygen atoms in total. The molecule has 21 heavy (non-hydrogen) atoms. The largest absolute Gasteiger partial charge is 0.336 e. The van der Waals surface area contributed by atoms with Gasteiger partial charge >= 0.3 is 0 Å². The van der Waals surface area contributed by atoms with Gasteiger partial charge in [0.15, 0.2) is 0 Å². The molecule has 1 aromatic carbocycles. The topological polar surface area (TPSA) is 49.6 Å². The van der Waals surface area contributed by atoms with Crippen LogP contribution in [0.25, 0.3) is 0 Å². The molecule has 1 aliphatic heterocycles. The monoisotopic (exact) mass is 331 g/mol. The number of rotatable bonds is 4. The van der Waals surface area contributed by atoms with Gasteiger partial charge in [-0.1, -0.05) is 23.7 Å². The number of nitrogens with zero attached hydrogens (tertiary/aromatic N) is 2. The Balaban J connectivity index is 0.00000220. The fourth-order valence-electron chi connectivity index (χ4n) is 2.49. The zero-order valence-electron chi connectivity index (χ0n) is 12.5. The summed E-state index contributed by atoms with van der Waals surface area (Å²) in [5, 5.41) is 0.707. The number of carbonyl (C=O) groups is 1. The number of carbonyl (C=O) groups excluding carboxylic acids is 1. The Morgan fingerprint density at radius 2 is 2.05 bits per heavy atom. The van der Waals surface area contributed by atoms with Crippen LogP contribution in [-0.4, -0.2) is 47.4 Å². The summed E-state index contributed by atoms with van der Waals surface area (Å²) in [6.07, 6.45) is 0. The molecule has 2 rings (SSSR count). The molecule has 0 bridgehead atoms. The van der Waals surface area contributed by atoms with Gasteiger partial charge in [-0.05, 0) is 31.5 Å². The molecule has 0 saturated carbocycles. The van der Waals surface area contributed by atoms with Crippen molar-refractivity contribution in [3.8, 4) is 0 Å². The standard InChI is InChI=1S/C15H22ClN3O.ClH/c1-15(2,17)11-18-6-7-19(14(20)10-18)9-12-4-3-5-13(16)8-12;/h3-5,8H,6-7,9-11,17H2,1-2H3;1H. The minimum atomic E-state index is -0.268. The first kappa shape index (κ1) is 18.2. The molecule has 0 unspecified atom stereocenters. The molecule has 1 aliphatic rings. The van der Waals surface area contributed by atoms with Crippen LogP contribution in [-0.2, 0) is 11.3 Å². The van der Waals surface area contributed by atoms with Crippen LogP contribution in [0.5, 0.6) is 0 Å². The molecule has 0 atom stereocenters. The summed E-state index contributed by atoms with van der Waals surface area (Å²) in [6, 6.07) is 7.65. The first-order valence-electron chi connectivity index (χ1n) is 6.87. The highest BCUT2D eigenvalue weighted by Crippen LogP contribution is 2.15. The third-order valence-corrected chi connectivity index (χ3v) is 3.53. The van der Waals surface area contributed by atoms with Crippen molar-refractivity contribution in [3.63, 3.8) is 0 Å². The van der Waals surface area contributed by atoms with Gasteiger partial charge in [0.05, 0.1) is 6.54 Å². The maximum atomic E-state index is 12.2. The fraction of sp³-hybridized carbons (Fsp3) is 0.533. The Labute approximate surface area is 137 Å². The smallest absolute Gasteiger partial charge is 0.237 e. The second-order valence-electron chi connectivity index (χ2n) is 6.14. The van der Waals surface area contributed by atoms with Gasteiger partial charge in [-0.3, -0.25) is 9.69 Å². The average Bonchev–Trinajstić information content (AvgIpc) is 2.31. The number of amides is 1. The third-order valence-electron chi connectivity index (χ3n) is 3.29. The molecule has 0 aromatic heterocycles. The summed E-state index contributed by atoms with van der Waals surface area (Å²) in [7, 11) is 0. The molecule has 1 amide bonds. The Morgan fingerprint density at radius 1 is 1.33 bits per heavy atom. The zero-order chi connectivity index (χ0) is 14.8. The third kappa shape index (κ3) is 5.83. The van der Waals surface area contributed by atoms with E-state index in [1.54, 1.807) is 0 Å². The van der Waals surface area contributed by atoms with E-state index in [1.807, 2.05) is 43.0 Å².